The Balaban J connectivity index is 2.63. The second-order valence-corrected chi connectivity index (χ2v) is 3.30. The third-order valence-corrected chi connectivity index (χ3v) is 1.95. The number of hydrogen-bond acceptors (Lipinski definition) is 1. The molecule has 1 nitrogen and oxygen atoms in total. The molecule has 0 spiro atoms. The van der Waals surface area contributed by atoms with Crippen molar-refractivity contribution < 1.29 is 5.11 Å². The van der Waals surface area contributed by atoms with Crippen LogP contribution >= 0.6 is 17.2 Å². The predicted molar refractivity (Wildman–Crippen MR) is 34.6 cm³/mol. The zero-order valence-corrected chi connectivity index (χ0v) is 5.96. The Kier molecular flexibility index (Phi) is 4.54. The van der Waals surface area contributed by atoms with Gasteiger partial charge >= 0.3 is 0 Å². The summed E-state index contributed by atoms with van der Waals surface area (Å²) in [6.07, 6.45) is 0.811. The van der Waals surface area contributed by atoms with Crippen molar-refractivity contribution in [2.75, 3.05) is 6.16 Å². The quantitative estimate of drug-likeness (QED) is 0.540. The van der Waals surface area contributed by atoms with Crippen molar-refractivity contribution in [2.24, 2.45) is 0 Å². The highest BCUT2D eigenvalue weighted by Gasteiger charge is 1.87. The molecule has 0 fully saturated rings. The zero-order chi connectivity index (χ0) is 4.99. The van der Waals surface area contributed by atoms with E-state index in [1.54, 1.807) is 6.92 Å². The molecule has 3 heteroatoms. The minimum atomic E-state index is -0.110. The van der Waals surface area contributed by atoms with Crippen LogP contribution in [0.2, 0.25) is 0 Å². The van der Waals surface area contributed by atoms with Gasteiger partial charge in [-0.25, -0.2) is 0 Å². The number of hydrogen-bond donors (Lipinski definition) is 1. The molecule has 0 radical (unpaired) electrons. The van der Waals surface area contributed by atoms with Crippen LogP contribution in [0, 0.1) is 0 Å². The minimum absolute atomic E-state index is 0.110. The molecule has 6 heavy (non-hydrogen) atoms. The van der Waals surface area contributed by atoms with Crippen molar-refractivity contribution in [3.05, 3.63) is 0 Å². The maximum atomic E-state index is 8.55. The highest BCUT2D eigenvalue weighted by Crippen LogP contribution is 2.19. The average Bonchev–Trinajstić information content (AvgIpc) is 1.35. The predicted octanol–water partition coefficient (Wildman–Crippen LogP) is 0.836. The molecule has 3 atom stereocenters. The van der Waals surface area contributed by atoms with Crippen molar-refractivity contribution >= 4 is 17.2 Å². The molecule has 0 aliphatic rings. The molecule has 0 aliphatic carbocycles. The monoisotopic (exact) mass is 124 g/mol. The molecule has 3 unspecified atom stereocenters. The van der Waals surface area contributed by atoms with Gasteiger partial charge in [0.05, 0.1) is 6.10 Å². The fourth-order valence-electron chi connectivity index (χ4n) is 0.171. The summed E-state index contributed by atoms with van der Waals surface area (Å²) in [5, 5.41) is 8.55. The van der Waals surface area contributed by atoms with Gasteiger partial charge in [-0.05, 0) is 13.1 Å². The SMILES string of the molecule is CC(O)CPP. The molecule has 0 amide bonds. The first-order chi connectivity index (χ1) is 2.77. The van der Waals surface area contributed by atoms with Crippen LogP contribution in [-0.2, 0) is 0 Å². The van der Waals surface area contributed by atoms with E-state index < -0.39 is 0 Å². The van der Waals surface area contributed by atoms with E-state index in [1.165, 1.54) is 0 Å². The first-order valence-electron chi connectivity index (χ1n) is 1.89. The Labute approximate surface area is 42.4 Å². The molecule has 0 aliphatic heterocycles. The maximum absolute atomic E-state index is 8.55. The summed E-state index contributed by atoms with van der Waals surface area (Å²) in [7, 11) is 3.40. The largest absolute Gasteiger partial charge is 0.393 e. The summed E-state index contributed by atoms with van der Waals surface area (Å²) in [6.45, 7) is 1.80. The average molecular weight is 124 g/mol. The van der Waals surface area contributed by atoms with E-state index in [9.17, 15) is 0 Å². The topological polar surface area (TPSA) is 20.2 Å². The van der Waals surface area contributed by atoms with E-state index in [1.807, 2.05) is 0 Å². The summed E-state index contributed by atoms with van der Waals surface area (Å²) in [5.74, 6) is 0. The molecule has 0 saturated heterocycles. The van der Waals surface area contributed by atoms with Crippen LogP contribution in [0.3, 0.4) is 0 Å². The van der Waals surface area contributed by atoms with Crippen molar-refractivity contribution in [1.29, 1.82) is 0 Å². The van der Waals surface area contributed by atoms with Crippen LogP contribution in [0.25, 0.3) is 0 Å². The Morgan fingerprint density at radius 2 is 2.50 bits per heavy atom. The first kappa shape index (κ1) is 6.82. The van der Waals surface area contributed by atoms with Gasteiger partial charge in [0.1, 0.15) is 0 Å². The van der Waals surface area contributed by atoms with Gasteiger partial charge in [-0.1, -0.05) is 8.27 Å². The van der Waals surface area contributed by atoms with Crippen LogP contribution in [0.4, 0.5) is 0 Å². The summed E-state index contributed by atoms with van der Waals surface area (Å²) in [5.41, 5.74) is 0. The Hall–Kier alpha value is 0.820. The molecule has 0 bridgehead atoms. The molecule has 0 heterocycles. The Bertz CT molecular complexity index is 30.0. The molecule has 1 N–H and O–H groups in total. The van der Waals surface area contributed by atoms with Crippen LogP contribution in [-0.4, -0.2) is 17.4 Å². The van der Waals surface area contributed by atoms with Gasteiger partial charge in [0.15, 0.2) is 0 Å². The van der Waals surface area contributed by atoms with E-state index in [0.717, 1.165) is 14.4 Å². The summed E-state index contributed by atoms with van der Waals surface area (Å²) in [6, 6.07) is 0. The number of aliphatic hydroxyl groups excluding tert-OH is 1. The highest BCUT2D eigenvalue weighted by atomic mass is 32.0. The molecule has 0 aromatic heterocycles. The smallest absolute Gasteiger partial charge is 0.0551 e. The molecule has 38 valence electrons. The van der Waals surface area contributed by atoms with Gasteiger partial charge < -0.3 is 5.11 Å². The second-order valence-electron chi connectivity index (χ2n) is 1.26. The van der Waals surface area contributed by atoms with Crippen molar-refractivity contribution in [1.82, 2.24) is 0 Å². The minimum Gasteiger partial charge on any atom is -0.393 e. The van der Waals surface area contributed by atoms with Crippen LogP contribution in [0.5, 0.6) is 0 Å². The second kappa shape index (κ2) is 3.99. The van der Waals surface area contributed by atoms with E-state index >= 15 is 0 Å². The first-order valence-corrected chi connectivity index (χ1v) is 4.90. The van der Waals surface area contributed by atoms with E-state index in [4.69, 9.17) is 5.11 Å². The lowest BCUT2D eigenvalue weighted by Gasteiger charge is -1.95. The van der Waals surface area contributed by atoms with Crippen molar-refractivity contribution in [2.45, 2.75) is 13.0 Å². The maximum Gasteiger partial charge on any atom is 0.0551 e. The third-order valence-electron chi connectivity index (χ3n) is 0.413. The lowest BCUT2D eigenvalue weighted by Crippen LogP contribution is -1.99. The van der Waals surface area contributed by atoms with E-state index in [0.29, 0.717) is 0 Å². The highest BCUT2D eigenvalue weighted by molar-refractivity contribution is 8.02. The Morgan fingerprint density at radius 3 is 2.50 bits per heavy atom. The molecule has 0 aromatic rings. The van der Waals surface area contributed by atoms with Gasteiger partial charge in [0.2, 0.25) is 0 Å². The van der Waals surface area contributed by atoms with Gasteiger partial charge in [-0.2, -0.15) is 0 Å². The van der Waals surface area contributed by atoms with Crippen LogP contribution in [0.1, 0.15) is 6.92 Å². The molecule has 0 rings (SSSR count). The van der Waals surface area contributed by atoms with Crippen LogP contribution in [0.15, 0.2) is 0 Å². The van der Waals surface area contributed by atoms with Gasteiger partial charge in [0, 0.05) is 0 Å². The van der Waals surface area contributed by atoms with E-state index in [2.05, 4.69) is 8.93 Å². The van der Waals surface area contributed by atoms with Crippen LogP contribution < -0.4 is 0 Å². The summed E-state index contributed by atoms with van der Waals surface area (Å²) in [4.78, 5) is 0. The third kappa shape index (κ3) is 4.82. The molecular formula is C3H10OP2. The van der Waals surface area contributed by atoms with Gasteiger partial charge in [0.25, 0.3) is 0 Å². The van der Waals surface area contributed by atoms with E-state index in [-0.39, 0.29) is 6.10 Å². The normalized spacial score (nSPS) is 16.5. The van der Waals surface area contributed by atoms with Crippen molar-refractivity contribution in [3.8, 4) is 0 Å². The standard InChI is InChI=1S/C3H10OP2/c1-3(4)2-6-5/h3-4,6H,2,5H2,1H3. The van der Waals surface area contributed by atoms with Crippen molar-refractivity contribution in [3.63, 3.8) is 0 Å². The summed E-state index contributed by atoms with van der Waals surface area (Å²) < 4.78 is 0. The van der Waals surface area contributed by atoms with Gasteiger partial charge in [-0.3, -0.25) is 0 Å². The number of rotatable bonds is 2. The fourth-order valence-corrected chi connectivity index (χ4v) is 1.54. The van der Waals surface area contributed by atoms with Gasteiger partial charge in [-0.15, -0.1) is 8.93 Å². The lowest BCUT2D eigenvalue weighted by molar-refractivity contribution is 0.220. The number of aliphatic hydroxyl groups is 1. The fraction of sp³-hybridized carbons (Fsp3) is 1.00. The molecule has 0 saturated carbocycles. The zero-order valence-electron chi connectivity index (χ0n) is 3.81. The molecular weight excluding hydrogens is 114 g/mol. The Morgan fingerprint density at radius 1 is 2.00 bits per heavy atom. The lowest BCUT2D eigenvalue weighted by atomic mass is 10.5. The summed E-state index contributed by atoms with van der Waals surface area (Å²) >= 11 is 0. The molecule has 0 aromatic carbocycles.